The molecule has 1 aromatic carbocycles. The summed E-state index contributed by atoms with van der Waals surface area (Å²) in [4.78, 5) is 0. The molecule has 0 N–H and O–H groups in total. The number of allylic oxidation sites excluding steroid dienone is 6. The maximum absolute atomic E-state index is 2.18. The first kappa shape index (κ1) is 12.5. The van der Waals surface area contributed by atoms with E-state index in [2.05, 4.69) is 70.2 Å². The van der Waals surface area contributed by atoms with Crippen LogP contribution in [0.25, 0.3) is 5.57 Å². The second kappa shape index (κ2) is 6.12. The van der Waals surface area contributed by atoms with Crippen LogP contribution in [-0.2, 0) is 0 Å². The predicted molar refractivity (Wildman–Crippen MR) is 73.3 cm³/mol. The maximum Gasteiger partial charge on any atom is -0.0227 e. The molecule has 0 saturated heterocycles. The molecule has 0 radical (unpaired) electrons. The molecule has 1 rings (SSSR count). The fourth-order valence-corrected chi connectivity index (χ4v) is 1.41. The Labute approximate surface area is 99.0 Å². The van der Waals surface area contributed by atoms with E-state index >= 15 is 0 Å². The van der Waals surface area contributed by atoms with Gasteiger partial charge in [-0.1, -0.05) is 54.1 Å². The summed E-state index contributed by atoms with van der Waals surface area (Å²) in [5.74, 6) is 0. The normalized spacial score (nSPS) is 14.1. The molecular weight excluding hydrogens is 192 g/mol. The highest BCUT2D eigenvalue weighted by molar-refractivity contribution is 5.65. The van der Waals surface area contributed by atoms with Gasteiger partial charge in [0.15, 0.2) is 0 Å². The van der Waals surface area contributed by atoms with Crippen LogP contribution in [0.1, 0.15) is 33.3 Å². The minimum absolute atomic E-state index is 1.28. The molecule has 0 aliphatic carbocycles. The van der Waals surface area contributed by atoms with Crippen molar-refractivity contribution in [2.75, 3.05) is 0 Å². The molecule has 0 atom stereocenters. The number of hydrogen-bond donors (Lipinski definition) is 0. The number of benzene rings is 1. The van der Waals surface area contributed by atoms with Gasteiger partial charge in [-0.3, -0.25) is 0 Å². The number of rotatable bonds is 3. The second-order valence-electron chi connectivity index (χ2n) is 4.04. The standard InChI is InChI=1S/C16H20/c1-5-13(2)14(3)11-12-15(4)16-9-7-6-8-10-16/h5-12H,1-4H3/b13-5+,14-11+,15-12+. The van der Waals surface area contributed by atoms with Crippen LogP contribution < -0.4 is 0 Å². The summed E-state index contributed by atoms with van der Waals surface area (Å²) in [6.07, 6.45) is 6.49. The Kier molecular flexibility index (Phi) is 4.78. The Morgan fingerprint density at radius 2 is 1.50 bits per heavy atom. The van der Waals surface area contributed by atoms with Crippen molar-refractivity contribution in [1.82, 2.24) is 0 Å². The van der Waals surface area contributed by atoms with Gasteiger partial charge in [0.05, 0.1) is 0 Å². The van der Waals surface area contributed by atoms with Crippen molar-refractivity contribution in [3.8, 4) is 0 Å². The quantitative estimate of drug-likeness (QED) is 0.618. The zero-order chi connectivity index (χ0) is 12.0. The van der Waals surface area contributed by atoms with Gasteiger partial charge in [-0.2, -0.15) is 0 Å². The van der Waals surface area contributed by atoms with Crippen LogP contribution in [0.2, 0.25) is 0 Å². The average molecular weight is 212 g/mol. The molecule has 0 unspecified atom stereocenters. The van der Waals surface area contributed by atoms with Crippen molar-refractivity contribution in [2.24, 2.45) is 0 Å². The fourth-order valence-electron chi connectivity index (χ4n) is 1.41. The van der Waals surface area contributed by atoms with Crippen LogP contribution in [0, 0.1) is 0 Å². The minimum atomic E-state index is 1.28. The van der Waals surface area contributed by atoms with Crippen LogP contribution in [0.5, 0.6) is 0 Å². The first-order valence-corrected chi connectivity index (χ1v) is 5.69. The lowest BCUT2D eigenvalue weighted by Crippen LogP contribution is -1.79. The summed E-state index contributed by atoms with van der Waals surface area (Å²) in [5.41, 5.74) is 5.23. The highest BCUT2D eigenvalue weighted by Crippen LogP contribution is 2.15. The molecule has 0 aromatic heterocycles. The van der Waals surface area contributed by atoms with Crippen LogP contribution in [0.3, 0.4) is 0 Å². The molecule has 0 amide bonds. The van der Waals surface area contributed by atoms with Crippen molar-refractivity contribution in [2.45, 2.75) is 27.7 Å². The Bertz CT molecular complexity index is 417. The predicted octanol–water partition coefficient (Wildman–Crippen LogP) is 5.00. The van der Waals surface area contributed by atoms with Crippen molar-refractivity contribution in [1.29, 1.82) is 0 Å². The molecule has 0 nitrogen and oxygen atoms in total. The van der Waals surface area contributed by atoms with Crippen LogP contribution in [0.15, 0.2) is 59.7 Å². The van der Waals surface area contributed by atoms with Crippen LogP contribution in [-0.4, -0.2) is 0 Å². The van der Waals surface area contributed by atoms with Gasteiger partial charge in [-0.25, -0.2) is 0 Å². The molecule has 0 saturated carbocycles. The van der Waals surface area contributed by atoms with Crippen LogP contribution >= 0.6 is 0 Å². The summed E-state index contributed by atoms with van der Waals surface area (Å²) >= 11 is 0. The summed E-state index contributed by atoms with van der Waals surface area (Å²) in [7, 11) is 0. The van der Waals surface area contributed by atoms with E-state index in [0.717, 1.165) is 0 Å². The lowest BCUT2D eigenvalue weighted by Gasteiger charge is -2.01. The fraction of sp³-hybridized carbons (Fsp3) is 0.250. The van der Waals surface area contributed by atoms with Gasteiger partial charge in [0.2, 0.25) is 0 Å². The molecule has 0 aliphatic rings. The topological polar surface area (TPSA) is 0 Å². The van der Waals surface area contributed by atoms with Crippen molar-refractivity contribution >= 4 is 5.57 Å². The number of hydrogen-bond acceptors (Lipinski definition) is 0. The van der Waals surface area contributed by atoms with Gasteiger partial charge in [0.1, 0.15) is 0 Å². The van der Waals surface area contributed by atoms with E-state index in [4.69, 9.17) is 0 Å². The van der Waals surface area contributed by atoms with Crippen molar-refractivity contribution in [3.05, 3.63) is 65.3 Å². The van der Waals surface area contributed by atoms with Gasteiger partial charge in [-0.15, -0.1) is 0 Å². The van der Waals surface area contributed by atoms with E-state index in [1.165, 1.54) is 22.3 Å². The van der Waals surface area contributed by atoms with Gasteiger partial charge in [0, 0.05) is 0 Å². The molecule has 0 heteroatoms. The van der Waals surface area contributed by atoms with Crippen molar-refractivity contribution in [3.63, 3.8) is 0 Å². The molecule has 0 aliphatic heterocycles. The Morgan fingerprint density at radius 1 is 0.875 bits per heavy atom. The Morgan fingerprint density at radius 3 is 2.06 bits per heavy atom. The molecular formula is C16H20. The molecule has 0 fully saturated rings. The average Bonchev–Trinajstić information content (AvgIpc) is 2.35. The summed E-state index contributed by atoms with van der Waals surface area (Å²) in [5, 5.41) is 0. The van der Waals surface area contributed by atoms with E-state index in [0.29, 0.717) is 0 Å². The van der Waals surface area contributed by atoms with Gasteiger partial charge >= 0.3 is 0 Å². The molecule has 0 bridgehead atoms. The second-order valence-corrected chi connectivity index (χ2v) is 4.04. The smallest absolute Gasteiger partial charge is 0.0227 e. The third-order valence-electron chi connectivity index (χ3n) is 2.87. The van der Waals surface area contributed by atoms with Gasteiger partial charge in [0.25, 0.3) is 0 Å². The van der Waals surface area contributed by atoms with Crippen molar-refractivity contribution < 1.29 is 0 Å². The Hall–Kier alpha value is -1.56. The lowest BCUT2D eigenvalue weighted by molar-refractivity contribution is 1.33. The molecule has 0 heterocycles. The largest absolute Gasteiger partial charge is 0.0845 e. The zero-order valence-corrected chi connectivity index (χ0v) is 10.6. The molecule has 0 spiro atoms. The zero-order valence-electron chi connectivity index (χ0n) is 10.6. The summed E-state index contributed by atoms with van der Waals surface area (Å²) in [6.45, 7) is 8.49. The maximum atomic E-state index is 2.18. The lowest BCUT2D eigenvalue weighted by atomic mass is 10.0. The third-order valence-corrected chi connectivity index (χ3v) is 2.87. The first-order chi connectivity index (χ1) is 7.65. The van der Waals surface area contributed by atoms with E-state index < -0.39 is 0 Å². The van der Waals surface area contributed by atoms with E-state index in [9.17, 15) is 0 Å². The Balaban J connectivity index is 2.87. The van der Waals surface area contributed by atoms with E-state index in [-0.39, 0.29) is 0 Å². The van der Waals surface area contributed by atoms with Gasteiger partial charge < -0.3 is 0 Å². The monoisotopic (exact) mass is 212 g/mol. The summed E-state index contributed by atoms with van der Waals surface area (Å²) in [6, 6.07) is 10.5. The molecule has 1 aromatic rings. The highest BCUT2D eigenvalue weighted by atomic mass is 14.0. The highest BCUT2D eigenvalue weighted by Gasteiger charge is 1.93. The minimum Gasteiger partial charge on any atom is -0.0845 e. The molecule has 84 valence electrons. The van der Waals surface area contributed by atoms with Gasteiger partial charge in [-0.05, 0) is 44.4 Å². The van der Waals surface area contributed by atoms with E-state index in [1.807, 2.05) is 6.07 Å². The van der Waals surface area contributed by atoms with E-state index in [1.54, 1.807) is 0 Å². The van der Waals surface area contributed by atoms with Crippen LogP contribution in [0.4, 0.5) is 0 Å². The third kappa shape index (κ3) is 3.54. The summed E-state index contributed by atoms with van der Waals surface area (Å²) < 4.78 is 0. The first-order valence-electron chi connectivity index (χ1n) is 5.69. The molecule has 16 heavy (non-hydrogen) atoms. The SMILES string of the molecule is C/C=C(C)/C(C)=C/C=C(\C)c1ccccc1.